The molecule has 0 spiro atoms. The van der Waals surface area contributed by atoms with Crippen LogP contribution in [0.5, 0.6) is 0 Å². The fourth-order valence-electron chi connectivity index (χ4n) is 6.94. The van der Waals surface area contributed by atoms with Crippen LogP contribution in [0.1, 0.15) is 33.1 Å². The number of carbonyl (C=O) groups is 2. The Hall–Kier alpha value is -2.74. The van der Waals surface area contributed by atoms with Crippen LogP contribution in [0.4, 0.5) is 0 Å². The third kappa shape index (κ3) is 47.8. The Bertz CT molecular complexity index is 3090. The lowest BCUT2D eigenvalue weighted by atomic mass is 9.99. The van der Waals surface area contributed by atoms with Crippen LogP contribution < -0.4 is 24.4 Å². The van der Waals surface area contributed by atoms with Gasteiger partial charge in [0.15, 0.2) is 30.9 Å². The first-order valence-corrected chi connectivity index (χ1v) is 33.8. The van der Waals surface area contributed by atoms with Crippen LogP contribution in [0, 0.1) is 0 Å². The summed E-state index contributed by atoms with van der Waals surface area (Å²) in [7, 11) is -37.4. The number of carbonyl (C=O) groups excluding carboxylic acids is 2. The van der Waals surface area contributed by atoms with Gasteiger partial charge in [0.1, 0.15) is 30.5 Å². The van der Waals surface area contributed by atoms with Gasteiger partial charge in [0, 0.05) is 39.9 Å². The number of carboxylic acid groups (broad SMARTS) is 2. The molecule has 17 N–H and O–H groups in total. The van der Waals surface area contributed by atoms with E-state index in [1.54, 1.807) is 9.44 Å². The van der Waals surface area contributed by atoms with Gasteiger partial charge in [0.25, 0.3) is 0 Å². The molecular formula is C33H67N3O49S8-10. The quantitative estimate of drug-likeness (QED) is 0.0359. The minimum absolute atomic E-state index is 0. The van der Waals surface area contributed by atoms with E-state index in [-0.39, 0.29) is 61.8 Å². The monoisotopic (exact) mass is 1550 g/mol. The smallest absolute Gasteiger partial charge is 0.218 e. The molecule has 0 aromatic heterocycles. The predicted molar refractivity (Wildman–Crippen MR) is 273 cm³/mol. The Morgan fingerprint density at radius 1 is 0.430 bits per heavy atom. The average molecular weight is 1550 g/mol. The first-order valence-electron chi connectivity index (χ1n) is 22.9. The highest BCUT2D eigenvalue weighted by Crippen LogP contribution is 2.23. The van der Waals surface area contributed by atoms with Crippen LogP contribution in [0.15, 0.2) is 0 Å². The molecule has 566 valence electrons. The van der Waals surface area contributed by atoms with Gasteiger partial charge in [-0.1, -0.05) is 7.43 Å². The van der Waals surface area contributed by atoms with Gasteiger partial charge in [-0.2, -0.15) is 0 Å². The molecule has 10 unspecified atom stereocenters. The highest BCUT2D eigenvalue weighted by molar-refractivity contribution is 7.84. The average Bonchev–Trinajstić information content (AvgIpc) is 0.852. The van der Waals surface area contributed by atoms with Gasteiger partial charge in [-0.3, -0.25) is 20.9 Å². The third-order valence-electron chi connectivity index (χ3n) is 10.6. The number of aliphatic carboxylic acids is 2. The lowest BCUT2D eigenvalue weighted by Crippen LogP contribution is -2.60. The zero-order valence-corrected chi connectivity index (χ0v) is 52.6. The first-order chi connectivity index (χ1) is 39.8. The van der Waals surface area contributed by atoms with Crippen LogP contribution in [0.2, 0.25) is 0 Å². The van der Waals surface area contributed by atoms with E-state index >= 15 is 0 Å². The topological polar surface area (TPSA) is 923 Å². The number of rotatable bonds is 22. The lowest BCUT2D eigenvalue weighted by Gasteiger charge is -2.39. The first kappa shape index (κ1) is 101. The van der Waals surface area contributed by atoms with E-state index in [1.807, 2.05) is 0 Å². The van der Waals surface area contributed by atoms with Crippen molar-refractivity contribution in [2.24, 2.45) is 0 Å². The number of ether oxygens (including phenoxy) is 6. The second kappa shape index (κ2) is 44.3. The highest BCUT2D eigenvalue weighted by Gasteiger charge is 2.41. The van der Waals surface area contributed by atoms with Crippen molar-refractivity contribution in [2.45, 2.75) is 131 Å². The van der Waals surface area contributed by atoms with E-state index in [2.05, 4.69) is 30.4 Å². The summed E-state index contributed by atoms with van der Waals surface area (Å²) in [5.74, 6) is -2.87. The minimum Gasteiger partial charge on any atom is -0.735 e. The molecule has 0 aliphatic carbocycles. The summed E-state index contributed by atoms with van der Waals surface area (Å²) < 4.78 is 303. The molecule has 0 saturated carbocycles. The molecule has 0 aromatic carbocycles. The Labute approximate surface area is 529 Å². The Morgan fingerprint density at radius 2 is 0.785 bits per heavy atom. The van der Waals surface area contributed by atoms with Crippen molar-refractivity contribution in [2.75, 3.05) is 67.1 Å². The van der Waals surface area contributed by atoms with Gasteiger partial charge in [0.05, 0.1) is 132 Å². The number of aliphatic hydroxyl groups excluding tert-OH is 6. The molecule has 0 aromatic rings. The van der Waals surface area contributed by atoms with E-state index in [1.165, 1.54) is 4.72 Å². The van der Waals surface area contributed by atoms with Crippen LogP contribution in [0.3, 0.4) is 0 Å². The van der Waals surface area contributed by atoms with Crippen molar-refractivity contribution in [3.8, 4) is 0 Å². The largest absolute Gasteiger partial charge is 0.735 e. The maximum atomic E-state index is 10.6. The molecule has 16 atom stereocenters. The van der Waals surface area contributed by atoms with Crippen LogP contribution in [-0.4, -0.2) is 333 Å². The van der Waals surface area contributed by atoms with Crippen molar-refractivity contribution in [3.05, 3.63) is 0 Å². The van der Waals surface area contributed by atoms with Crippen LogP contribution in [0.25, 0.3) is 0 Å². The molecule has 0 bridgehead atoms. The van der Waals surface area contributed by atoms with Crippen molar-refractivity contribution >= 4 is 94.8 Å². The summed E-state index contributed by atoms with van der Waals surface area (Å²) in [6, 6.07) is -3.87. The maximum Gasteiger partial charge on any atom is 0.218 e. The predicted octanol–water partition coefficient (Wildman–Crippen LogP) is -18.9. The van der Waals surface area contributed by atoms with Crippen molar-refractivity contribution in [3.63, 3.8) is 0 Å². The number of hydrogen-bond acceptors (Lipinski definition) is 45. The molecule has 0 amide bonds. The molecule has 52 nitrogen and oxygen atoms in total. The van der Waals surface area contributed by atoms with E-state index in [0.717, 1.165) is 14.2 Å². The number of aliphatic hydroxyl groups is 6. The lowest BCUT2D eigenvalue weighted by molar-refractivity contribution is -0.322. The third-order valence-corrected chi connectivity index (χ3v) is 14.6. The fourth-order valence-corrected chi connectivity index (χ4v) is 10.6. The van der Waals surface area contributed by atoms with Gasteiger partial charge >= 0.3 is 0 Å². The second-order valence-electron chi connectivity index (χ2n) is 17.2. The zero-order chi connectivity index (χ0) is 68.8. The van der Waals surface area contributed by atoms with Crippen molar-refractivity contribution in [1.82, 2.24) is 14.2 Å². The molecule has 5 heterocycles. The Balaban J connectivity index is -0.000000253. The summed E-state index contributed by atoms with van der Waals surface area (Å²) >= 11 is 0. The minimum atomic E-state index is -5.24. The Kier molecular flexibility index (Phi) is 48.3. The Morgan fingerprint density at radius 3 is 1.15 bits per heavy atom. The number of nitrogens with one attached hydrogen (secondary N) is 3. The van der Waals surface area contributed by atoms with Gasteiger partial charge in [-0.15, -0.1) is 0 Å². The molecule has 60 heteroatoms. The number of methoxy groups -OCH3 is 1. The van der Waals surface area contributed by atoms with Crippen molar-refractivity contribution < 1.29 is 225 Å². The molecular weight excluding hydrogens is 1480 g/mol. The van der Waals surface area contributed by atoms with E-state index in [9.17, 15) is 139 Å². The fraction of sp³-hybridized carbons (Fsp3) is 0.939. The molecule has 5 rings (SSSR count). The molecule has 5 aliphatic heterocycles. The summed E-state index contributed by atoms with van der Waals surface area (Å²) in [5.41, 5.74) is 0. The number of hydrogen-bond donors (Lipinski definition) is 9. The van der Waals surface area contributed by atoms with Crippen LogP contribution >= 0.6 is 0 Å². The van der Waals surface area contributed by atoms with Gasteiger partial charge in [0.2, 0.25) is 52.0 Å². The number of carboxylic acids is 2. The highest BCUT2D eigenvalue weighted by atomic mass is 32.3. The summed E-state index contributed by atoms with van der Waals surface area (Å²) in [6.07, 6.45) is -17.1. The SMILES string of the molecule is C.CO.CO[C@@H]1C(COS(=O)(=O)[O-])OC[C@@H](NS(=O)(=O)[O-])C1O.O.O.O.O.O=C([O-])C1CC(O)[C@H](O)CO1.O=C([O-])C1CC(O)[C@H](OS(=O)(=O)[O-])CO1.O=S(=O)([O-])N[C@@H]1COC(COS(=O)(=O)[O-])CC1O.O=S(=O)([O-])N[C@@H]1COC(COS(=O)(=O)[O-])CC1OS(=O)(=O)[O-]. The summed E-state index contributed by atoms with van der Waals surface area (Å²) in [5, 5.41) is 74.0. The van der Waals surface area contributed by atoms with Gasteiger partial charge in [-0.05, 0) is 0 Å². The van der Waals surface area contributed by atoms with Crippen LogP contribution in [-0.2, 0) is 142 Å². The van der Waals surface area contributed by atoms with E-state index in [0.29, 0.717) is 0 Å². The summed E-state index contributed by atoms with van der Waals surface area (Å²) in [6.45, 7) is -4.12. The van der Waals surface area contributed by atoms with Crippen molar-refractivity contribution in [1.29, 1.82) is 0 Å². The van der Waals surface area contributed by atoms with Gasteiger partial charge in [-0.25, -0.2) is 81.5 Å². The molecule has 5 fully saturated rings. The second-order valence-corrected chi connectivity index (χ2v) is 25.8. The molecule has 5 saturated heterocycles. The zero-order valence-electron chi connectivity index (χ0n) is 46.1. The molecule has 5 aliphatic rings. The molecule has 93 heavy (non-hydrogen) atoms. The molecule has 0 radical (unpaired) electrons. The van der Waals surface area contributed by atoms with Gasteiger partial charge < -0.3 is 137 Å². The standard InChI is InChI=1S/C7H15NO10S2.C6H13NO12S3.C6H13NO9S2.C6H10O8S.C6H10O5.CH4O.CH4.4H2O/c1-16-7-5(3-18-20(13,14)15)17-2-4(6(7)9)8-19(10,11)12;8-20(9,10)7-5-3-17-4(2-18-21(11,12)13)1-6(5)19-22(14,15)16;8-6-1-4(2-16-18(12,13)14)15-3-5(6)7-17(9,10)11;7-3-1-4(6(8)9)13-2-5(3)14-15(10,11)12;7-3-1-5(6(9)10)11-2-4(3)8;1-2;;;;;/h4-9H,2-3H2,1H3,(H,10,11,12)(H,13,14,15);4-7H,1-3H2,(H,8,9,10)(H,11,12,13)(H,14,15,16);4-8H,1-3H2,(H,9,10,11)(H,12,13,14);3-5,7H,1-2H2,(H,8,9)(H,10,11,12);3-5,7-8H,1-2H2,(H,9,10);2H,1H3;1H4;4*1H2/p-10/t4-,5?,6?,7-;2*4?,5-,6?;3?,4?,5-;3?,4-,5?;;;;;;/m11111....../s1. The summed E-state index contributed by atoms with van der Waals surface area (Å²) in [4.78, 5) is 20.5. The van der Waals surface area contributed by atoms with E-state index in [4.69, 9.17) is 34.3 Å². The maximum absolute atomic E-state index is 10.6. The van der Waals surface area contributed by atoms with E-state index < -0.39 is 238 Å². The normalized spacial score (nSPS) is 29.2.